The van der Waals surface area contributed by atoms with Gasteiger partial charge < -0.3 is 5.32 Å². The van der Waals surface area contributed by atoms with Crippen LogP contribution in [0.4, 0.5) is 0 Å². The largest absolute Gasteiger partial charge is 0.347 e. The predicted octanol–water partition coefficient (Wildman–Crippen LogP) is 5.86. The Morgan fingerprint density at radius 2 is 1.85 bits per heavy atom. The number of halogens is 1. The van der Waals surface area contributed by atoms with Crippen LogP contribution in [0.5, 0.6) is 0 Å². The number of benzene rings is 2. The van der Waals surface area contributed by atoms with Crippen molar-refractivity contribution >= 4 is 39.7 Å². The molecule has 134 valence electrons. The van der Waals surface area contributed by atoms with Gasteiger partial charge in [0.1, 0.15) is 0 Å². The molecule has 1 N–H and O–H groups in total. The van der Waals surface area contributed by atoms with Gasteiger partial charge in [-0.25, -0.2) is 4.98 Å². The molecular weight excluding hydrogens is 376 g/mol. The van der Waals surface area contributed by atoms with E-state index < -0.39 is 0 Å². The van der Waals surface area contributed by atoms with Crippen LogP contribution in [0.25, 0.3) is 22.2 Å². The molecule has 1 amide bonds. The van der Waals surface area contributed by atoms with E-state index in [4.69, 9.17) is 16.6 Å². The number of carbonyl (C=O) groups excluding carboxylic acids is 1. The predicted molar refractivity (Wildman–Crippen MR) is 112 cm³/mol. The summed E-state index contributed by atoms with van der Waals surface area (Å²) < 4.78 is 0. The maximum absolute atomic E-state index is 13.1. The van der Waals surface area contributed by atoms with Crippen LogP contribution in [-0.2, 0) is 6.54 Å². The van der Waals surface area contributed by atoms with Crippen molar-refractivity contribution in [2.75, 3.05) is 0 Å². The van der Waals surface area contributed by atoms with Gasteiger partial charge in [0, 0.05) is 20.8 Å². The fourth-order valence-electron chi connectivity index (χ4n) is 3.16. The van der Waals surface area contributed by atoms with E-state index in [2.05, 4.69) is 5.32 Å². The van der Waals surface area contributed by atoms with Crippen molar-refractivity contribution in [2.24, 2.45) is 0 Å². The first-order valence-electron chi connectivity index (χ1n) is 8.59. The van der Waals surface area contributed by atoms with Crippen molar-refractivity contribution in [1.82, 2.24) is 10.3 Å². The highest BCUT2D eigenvalue weighted by Crippen LogP contribution is 2.30. The number of para-hydroxylation sites is 1. The van der Waals surface area contributed by atoms with E-state index in [0.29, 0.717) is 17.1 Å². The van der Waals surface area contributed by atoms with Crippen LogP contribution in [0, 0.1) is 6.92 Å². The highest BCUT2D eigenvalue weighted by Gasteiger charge is 2.18. The van der Waals surface area contributed by atoms with E-state index in [-0.39, 0.29) is 5.91 Å². The van der Waals surface area contributed by atoms with E-state index in [1.165, 1.54) is 0 Å². The molecule has 27 heavy (non-hydrogen) atoms. The molecule has 0 bridgehead atoms. The monoisotopic (exact) mass is 392 g/mol. The van der Waals surface area contributed by atoms with Crippen LogP contribution < -0.4 is 5.32 Å². The molecule has 0 atom stereocenters. The average molecular weight is 393 g/mol. The summed E-state index contributed by atoms with van der Waals surface area (Å²) in [7, 11) is 0. The molecule has 3 nitrogen and oxygen atoms in total. The zero-order valence-electron chi connectivity index (χ0n) is 14.7. The summed E-state index contributed by atoms with van der Waals surface area (Å²) >= 11 is 7.65. The van der Waals surface area contributed by atoms with Crippen LogP contribution in [0.15, 0.2) is 66.0 Å². The third-order valence-corrected chi connectivity index (χ3v) is 5.61. The van der Waals surface area contributed by atoms with Crippen molar-refractivity contribution in [1.29, 1.82) is 0 Å². The molecule has 0 radical (unpaired) electrons. The Bertz CT molecular complexity index is 1110. The second-order valence-corrected chi connectivity index (χ2v) is 7.72. The number of fused-ring (bicyclic) bond motifs is 1. The highest BCUT2D eigenvalue weighted by molar-refractivity contribution is 7.09. The molecule has 5 heteroatoms. The number of amides is 1. The fraction of sp³-hybridized carbons (Fsp3) is 0.0909. The molecule has 2 heterocycles. The molecule has 4 aromatic rings. The van der Waals surface area contributed by atoms with Crippen LogP contribution >= 0.6 is 22.9 Å². The summed E-state index contributed by atoms with van der Waals surface area (Å²) in [5.74, 6) is -0.0882. The van der Waals surface area contributed by atoms with E-state index in [1.54, 1.807) is 11.3 Å². The molecular formula is C22H17ClN2OS. The Kier molecular flexibility index (Phi) is 4.92. The molecule has 2 aromatic heterocycles. The van der Waals surface area contributed by atoms with Crippen LogP contribution in [-0.4, -0.2) is 10.9 Å². The van der Waals surface area contributed by atoms with Crippen molar-refractivity contribution in [2.45, 2.75) is 13.5 Å². The minimum absolute atomic E-state index is 0.0882. The molecule has 0 fully saturated rings. The zero-order valence-corrected chi connectivity index (χ0v) is 16.3. The lowest BCUT2D eigenvalue weighted by Crippen LogP contribution is -2.24. The number of aromatic nitrogens is 1. The van der Waals surface area contributed by atoms with Gasteiger partial charge in [0.25, 0.3) is 5.91 Å². The maximum atomic E-state index is 13.1. The quantitative estimate of drug-likeness (QED) is 0.473. The van der Waals surface area contributed by atoms with Crippen molar-refractivity contribution in [3.8, 4) is 11.3 Å². The van der Waals surface area contributed by atoms with Crippen molar-refractivity contribution in [3.05, 3.63) is 87.1 Å². The second kappa shape index (κ2) is 7.51. The SMILES string of the molecule is Cc1c(-c2ccc(Cl)cc2)nc2ccccc2c1C(=O)NCc1cccs1. The molecule has 0 unspecified atom stereocenters. The van der Waals surface area contributed by atoms with Crippen molar-refractivity contribution in [3.63, 3.8) is 0 Å². The summed E-state index contributed by atoms with van der Waals surface area (Å²) in [6, 6.07) is 19.3. The lowest BCUT2D eigenvalue weighted by Gasteiger charge is -2.14. The second-order valence-electron chi connectivity index (χ2n) is 6.25. The van der Waals surface area contributed by atoms with Gasteiger partial charge in [-0.15, -0.1) is 11.3 Å². The minimum Gasteiger partial charge on any atom is -0.347 e. The van der Waals surface area contributed by atoms with Gasteiger partial charge in [-0.1, -0.05) is 48.0 Å². The molecule has 4 rings (SSSR count). The van der Waals surface area contributed by atoms with Crippen LogP contribution in [0.3, 0.4) is 0 Å². The molecule has 0 aliphatic rings. The third-order valence-electron chi connectivity index (χ3n) is 4.48. The highest BCUT2D eigenvalue weighted by atomic mass is 35.5. The molecule has 0 aliphatic carbocycles. The maximum Gasteiger partial charge on any atom is 0.252 e. The van der Waals surface area contributed by atoms with Crippen LogP contribution in [0.1, 0.15) is 20.8 Å². The Balaban J connectivity index is 1.81. The molecule has 0 spiro atoms. The number of nitrogens with zero attached hydrogens (tertiary/aromatic N) is 1. The standard InChI is InChI=1S/C22H17ClN2OS/c1-14-20(22(26)24-13-17-5-4-12-27-17)18-6-2-3-7-19(18)25-21(14)15-8-10-16(23)11-9-15/h2-12H,13H2,1H3,(H,24,26). The van der Waals surface area contributed by atoms with Gasteiger partial charge in [-0.2, -0.15) is 0 Å². The summed E-state index contributed by atoms with van der Waals surface area (Å²) in [5.41, 5.74) is 4.07. The topological polar surface area (TPSA) is 42.0 Å². The smallest absolute Gasteiger partial charge is 0.252 e. The number of carbonyl (C=O) groups is 1. The Morgan fingerprint density at radius 3 is 2.59 bits per heavy atom. The number of thiophene rings is 1. The summed E-state index contributed by atoms with van der Waals surface area (Å²) in [6.45, 7) is 2.46. The zero-order chi connectivity index (χ0) is 18.8. The van der Waals surface area contributed by atoms with Gasteiger partial charge in [-0.05, 0) is 42.1 Å². The number of nitrogens with one attached hydrogen (secondary N) is 1. The number of hydrogen-bond acceptors (Lipinski definition) is 3. The summed E-state index contributed by atoms with van der Waals surface area (Å²) in [5, 5.41) is 6.58. The van der Waals surface area contributed by atoms with Crippen molar-refractivity contribution < 1.29 is 4.79 Å². The Morgan fingerprint density at radius 1 is 1.07 bits per heavy atom. The first-order valence-corrected chi connectivity index (χ1v) is 9.85. The molecule has 0 aliphatic heterocycles. The van der Waals surface area contributed by atoms with E-state index in [9.17, 15) is 4.79 Å². The van der Waals surface area contributed by atoms with Gasteiger partial charge in [0.2, 0.25) is 0 Å². The molecule has 0 saturated carbocycles. The van der Waals surface area contributed by atoms with Gasteiger partial charge in [-0.3, -0.25) is 4.79 Å². The normalized spacial score (nSPS) is 10.9. The lowest BCUT2D eigenvalue weighted by atomic mass is 9.97. The summed E-state index contributed by atoms with van der Waals surface area (Å²) in [6.07, 6.45) is 0. The number of pyridine rings is 1. The van der Waals surface area contributed by atoms with Crippen LogP contribution in [0.2, 0.25) is 5.02 Å². The Labute approximate surface area is 166 Å². The minimum atomic E-state index is -0.0882. The fourth-order valence-corrected chi connectivity index (χ4v) is 3.93. The van der Waals surface area contributed by atoms with E-state index in [1.807, 2.05) is 73.0 Å². The number of rotatable bonds is 4. The molecule has 2 aromatic carbocycles. The average Bonchev–Trinajstić information content (AvgIpc) is 3.20. The van der Waals surface area contributed by atoms with E-state index in [0.717, 1.165) is 32.6 Å². The van der Waals surface area contributed by atoms with E-state index >= 15 is 0 Å². The van der Waals surface area contributed by atoms with Gasteiger partial charge in [0.15, 0.2) is 0 Å². The first kappa shape index (κ1) is 17.7. The summed E-state index contributed by atoms with van der Waals surface area (Å²) in [4.78, 5) is 19.0. The number of hydrogen-bond donors (Lipinski definition) is 1. The third kappa shape index (κ3) is 3.59. The lowest BCUT2D eigenvalue weighted by molar-refractivity contribution is 0.0952. The molecule has 0 saturated heterocycles. The Hall–Kier alpha value is -2.69. The van der Waals surface area contributed by atoms with Gasteiger partial charge >= 0.3 is 0 Å². The first-order chi connectivity index (χ1) is 13.1. The van der Waals surface area contributed by atoms with Gasteiger partial charge in [0.05, 0.1) is 23.3 Å².